The van der Waals surface area contributed by atoms with Crippen molar-refractivity contribution in [1.29, 1.82) is 0 Å². The zero-order chi connectivity index (χ0) is 11.7. The van der Waals surface area contributed by atoms with Gasteiger partial charge in [0.1, 0.15) is 12.1 Å². The molecule has 1 heterocycles. The molecule has 3 rings (SSSR count). The van der Waals surface area contributed by atoms with Crippen LogP contribution in [0, 0.1) is 0 Å². The summed E-state index contributed by atoms with van der Waals surface area (Å²) in [5.41, 5.74) is 0.975. The largest absolute Gasteiger partial charge is 0.367 e. The molecule has 1 fully saturated rings. The Labute approximate surface area is 109 Å². The summed E-state index contributed by atoms with van der Waals surface area (Å²) in [6.45, 7) is 0. The lowest BCUT2D eigenvalue weighted by Crippen LogP contribution is -2.15. The second-order valence-corrected chi connectivity index (χ2v) is 5.34. The molecule has 0 atom stereocenters. The Balaban J connectivity index is 2.01. The van der Waals surface area contributed by atoms with Crippen LogP contribution in [0.15, 0.2) is 29.0 Å². The Morgan fingerprint density at radius 3 is 2.82 bits per heavy atom. The SMILES string of the molecule is Brc1cccc2c(NC3CCCC3)ncnc12. The normalized spacial score (nSPS) is 16.5. The first-order valence-electron chi connectivity index (χ1n) is 6.00. The van der Waals surface area contributed by atoms with E-state index in [2.05, 4.69) is 37.3 Å². The van der Waals surface area contributed by atoms with E-state index in [0.717, 1.165) is 21.2 Å². The Bertz CT molecular complexity index is 535. The van der Waals surface area contributed by atoms with Gasteiger partial charge in [0.25, 0.3) is 0 Å². The quantitative estimate of drug-likeness (QED) is 0.916. The number of aromatic nitrogens is 2. The van der Waals surface area contributed by atoms with Crippen LogP contribution in [0.2, 0.25) is 0 Å². The van der Waals surface area contributed by atoms with E-state index < -0.39 is 0 Å². The van der Waals surface area contributed by atoms with Crippen molar-refractivity contribution < 1.29 is 0 Å². The van der Waals surface area contributed by atoms with Gasteiger partial charge in [-0.3, -0.25) is 0 Å². The van der Waals surface area contributed by atoms with Crippen LogP contribution in [0.3, 0.4) is 0 Å². The van der Waals surface area contributed by atoms with Crippen molar-refractivity contribution in [2.75, 3.05) is 5.32 Å². The summed E-state index contributed by atoms with van der Waals surface area (Å²) in [7, 11) is 0. The van der Waals surface area contributed by atoms with E-state index in [9.17, 15) is 0 Å². The third-order valence-corrected chi connectivity index (χ3v) is 3.95. The van der Waals surface area contributed by atoms with Crippen molar-refractivity contribution in [3.05, 3.63) is 29.0 Å². The van der Waals surface area contributed by atoms with Gasteiger partial charge >= 0.3 is 0 Å². The van der Waals surface area contributed by atoms with E-state index in [0.29, 0.717) is 6.04 Å². The molecule has 0 radical (unpaired) electrons. The molecule has 2 aromatic rings. The lowest BCUT2D eigenvalue weighted by molar-refractivity contribution is 0.751. The molecule has 0 aliphatic heterocycles. The van der Waals surface area contributed by atoms with Gasteiger partial charge in [-0.15, -0.1) is 0 Å². The van der Waals surface area contributed by atoms with E-state index >= 15 is 0 Å². The minimum Gasteiger partial charge on any atom is -0.367 e. The van der Waals surface area contributed by atoms with Crippen LogP contribution in [0.4, 0.5) is 5.82 Å². The molecule has 0 spiro atoms. The average molecular weight is 292 g/mol. The maximum absolute atomic E-state index is 4.37. The van der Waals surface area contributed by atoms with Crippen molar-refractivity contribution in [2.24, 2.45) is 0 Å². The number of halogens is 1. The highest BCUT2D eigenvalue weighted by atomic mass is 79.9. The third kappa shape index (κ3) is 2.14. The van der Waals surface area contributed by atoms with Crippen LogP contribution < -0.4 is 5.32 Å². The minimum absolute atomic E-state index is 0.576. The zero-order valence-electron chi connectivity index (χ0n) is 9.49. The second kappa shape index (κ2) is 4.61. The molecule has 0 saturated heterocycles. The summed E-state index contributed by atoms with van der Waals surface area (Å²) in [5.74, 6) is 0.961. The van der Waals surface area contributed by atoms with Crippen molar-refractivity contribution in [3.63, 3.8) is 0 Å². The minimum atomic E-state index is 0.576. The van der Waals surface area contributed by atoms with Gasteiger partial charge in [0.05, 0.1) is 5.52 Å². The Morgan fingerprint density at radius 2 is 2.00 bits per heavy atom. The molecule has 1 aromatic heterocycles. The standard InChI is InChI=1S/C13H14BrN3/c14-11-7-3-6-10-12(11)15-8-16-13(10)17-9-4-1-2-5-9/h3,6-9H,1-2,4-5H2,(H,15,16,17). The molecular weight excluding hydrogens is 278 g/mol. The first-order valence-corrected chi connectivity index (χ1v) is 6.79. The van der Waals surface area contributed by atoms with E-state index in [1.807, 2.05) is 12.1 Å². The number of hydrogen-bond donors (Lipinski definition) is 1. The molecule has 1 N–H and O–H groups in total. The number of fused-ring (bicyclic) bond motifs is 1. The first-order chi connectivity index (χ1) is 8.34. The summed E-state index contributed by atoms with van der Waals surface area (Å²) in [6.07, 6.45) is 6.78. The maximum Gasteiger partial charge on any atom is 0.137 e. The van der Waals surface area contributed by atoms with Crippen LogP contribution in [-0.2, 0) is 0 Å². The number of hydrogen-bond acceptors (Lipinski definition) is 3. The molecular formula is C13H14BrN3. The van der Waals surface area contributed by atoms with Gasteiger partial charge in [0.15, 0.2) is 0 Å². The van der Waals surface area contributed by atoms with Crippen LogP contribution in [0.25, 0.3) is 10.9 Å². The lowest BCUT2D eigenvalue weighted by Gasteiger charge is -2.14. The van der Waals surface area contributed by atoms with Crippen LogP contribution in [0.5, 0.6) is 0 Å². The average Bonchev–Trinajstić information content (AvgIpc) is 2.83. The molecule has 0 unspecified atom stereocenters. The maximum atomic E-state index is 4.37. The van der Waals surface area contributed by atoms with Gasteiger partial charge in [-0.05, 0) is 40.9 Å². The molecule has 17 heavy (non-hydrogen) atoms. The van der Waals surface area contributed by atoms with Gasteiger partial charge in [-0.1, -0.05) is 18.9 Å². The van der Waals surface area contributed by atoms with Crippen LogP contribution >= 0.6 is 15.9 Å². The van der Waals surface area contributed by atoms with Gasteiger partial charge in [0.2, 0.25) is 0 Å². The molecule has 4 heteroatoms. The fourth-order valence-corrected chi connectivity index (χ4v) is 2.90. The lowest BCUT2D eigenvalue weighted by atomic mass is 10.2. The van der Waals surface area contributed by atoms with Crippen molar-refractivity contribution in [3.8, 4) is 0 Å². The number of para-hydroxylation sites is 1. The van der Waals surface area contributed by atoms with Crippen molar-refractivity contribution in [1.82, 2.24) is 9.97 Å². The Morgan fingerprint density at radius 1 is 1.18 bits per heavy atom. The molecule has 0 bridgehead atoms. The molecule has 3 nitrogen and oxygen atoms in total. The summed E-state index contributed by atoms with van der Waals surface area (Å²) in [5, 5.41) is 4.63. The first kappa shape index (κ1) is 11.0. The predicted octanol–water partition coefficient (Wildman–Crippen LogP) is 3.75. The number of nitrogens with one attached hydrogen (secondary N) is 1. The smallest absolute Gasteiger partial charge is 0.137 e. The van der Waals surface area contributed by atoms with Gasteiger partial charge < -0.3 is 5.32 Å². The van der Waals surface area contributed by atoms with Crippen LogP contribution in [0.1, 0.15) is 25.7 Å². The van der Waals surface area contributed by atoms with Crippen LogP contribution in [-0.4, -0.2) is 16.0 Å². The predicted molar refractivity (Wildman–Crippen MR) is 73.1 cm³/mol. The fourth-order valence-electron chi connectivity index (χ4n) is 2.43. The Hall–Kier alpha value is -1.16. The Kier molecular flexibility index (Phi) is 2.97. The summed E-state index contributed by atoms with van der Waals surface area (Å²) < 4.78 is 1.02. The summed E-state index contributed by atoms with van der Waals surface area (Å²) in [4.78, 5) is 8.69. The van der Waals surface area contributed by atoms with Gasteiger partial charge in [-0.2, -0.15) is 0 Å². The van der Waals surface area contributed by atoms with Crippen molar-refractivity contribution >= 4 is 32.7 Å². The van der Waals surface area contributed by atoms with E-state index in [1.54, 1.807) is 6.33 Å². The number of rotatable bonds is 2. The molecule has 1 aliphatic rings. The van der Waals surface area contributed by atoms with Crippen molar-refractivity contribution in [2.45, 2.75) is 31.7 Å². The zero-order valence-corrected chi connectivity index (χ0v) is 11.1. The fraction of sp³-hybridized carbons (Fsp3) is 0.385. The highest BCUT2D eigenvalue weighted by molar-refractivity contribution is 9.10. The monoisotopic (exact) mass is 291 g/mol. The molecule has 0 amide bonds. The molecule has 1 saturated carbocycles. The second-order valence-electron chi connectivity index (χ2n) is 4.48. The van der Waals surface area contributed by atoms with Gasteiger partial charge in [-0.25, -0.2) is 9.97 Å². The van der Waals surface area contributed by atoms with E-state index in [-0.39, 0.29) is 0 Å². The van der Waals surface area contributed by atoms with Gasteiger partial charge in [0, 0.05) is 15.9 Å². The van der Waals surface area contributed by atoms with E-state index in [4.69, 9.17) is 0 Å². The highest BCUT2D eigenvalue weighted by Crippen LogP contribution is 2.28. The topological polar surface area (TPSA) is 37.8 Å². The third-order valence-electron chi connectivity index (χ3n) is 3.31. The molecule has 88 valence electrons. The highest BCUT2D eigenvalue weighted by Gasteiger charge is 2.16. The molecule has 1 aromatic carbocycles. The summed E-state index contributed by atoms with van der Waals surface area (Å²) >= 11 is 3.53. The number of nitrogens with zero attached hydrogens (tertiary/aromatic N) is 2. The van der Waals surface area contributed by atoms with E-state index in [1.165, 1.54) is 25.7 Å². The molecule has 1 aliphatic carbocycles. The summed E-state index contributed by atoms with van der Waals surface area (Å²) in [6, 6.07) is 6.67. The number of anilines is 1. The number of benzene rings is 1.